The van der Waals surface area contributed by atoms with Crippen LogP contribution in [0, 0.1) is 0 Å². The van der Waals surface area contributed by atoms with Crippen molar-refractivity contribution in [1.29, 1.82) is 0 Å². The Balaban J connectivity index is 1.83. The molecule has 3 aromatic rings. The van der Waals surface area contributed by atoms with E-state index in [1.54, 1.807) is 25.1 Å². The molecule has 0 bridgehead atoms. The molecule has 0 aliphatic rings. The number of nitrogens with one attached hydrogen (secondary N) is 2. The van der Waals surface area contributed by atoms with E-state index >= 15 is 0 Å². The number of aromatic amines is 1. The Hall–Kier alpha value is -3.23. The summed E-state index contributed by atoms with van der Waals surface area (Å²) in [6.07, 6.45) is -1.29. The second-order valence-electron chi connectivity index (χ2n) is 8.27. The van der Waals surface area contributed by atoms with E-state index in [0.29, 0.717) is 18.7 Å². The molecule has 6 nitrogen and oxygen atoms in total. The normalized spacial score (nSPS) is 13.5. The number of pyridine rings is 1. The maximum atomic E-state index is 13.0. The molecule has 0 saturated carbocycles. The van der Waals surface area contributed by atoms with Gasteiger partial charge in [-0.05, 0) is 56.5 Å². The summed E-state index contributed by atoms with van der Waals surface area (Å²) in [6.45, 7) is 5.92. The van der Waals surface area contributed by atoms with Gasteiger partial charge in [0.25, 0.3) is 0 Å². The van der Waals surface area contributed by atoms with Crippen LogP contribution >= 0.6 is 0 Å². The molecule has 0 spiro atoms. The van der Waals surface area contributed by atoms with E-state index in [2.05, 4.69) is 15.3 Å². The first-order valence-corrected chi connectivity index (χ1v) is 11.4. The second kappa shape index (κ2) is 10.8. The molecule has 0 saturated heterocycles. The number of halogens is 3. The van der Waals surface area contributed by atoms with Crippen LogP contribution in [0.3, 0.4) is 0 Å². The first-order valence-electron chi connectivity index (χ1n) is 11.4. The van der Waals surface area contributed by atoms with Crippen molar-refractivity contribution in [3.8, 4) is 16.9 Å². The van der Waals surface area contributed by atoms with Crippen LogP contribution in [0.1, 0.15) is 51.6 Å². The molecule has 3 rings (SSSR count). The highest BCUT2D eigenvalue weighted by atomic mass is 19.4. The molecule has 1 aromatic carbocycles. The van der Waals surface area contributed by atoms with Gasteiger partial charge < -0.3 is 19.9 Å². The molecule has 2 heterocycles. The molecule has 0 aliphatic carbocycles. The van der Waals surface area contributed by atoms with Gasteiger partial charge in [0.1, 0.15) is 11.4 Å². The third-order valence-electron chi connectivity index (χ3n) is 6.08. The monoisotopic (exact) mass is 476 g/mol. The van der Waals surface area contributed by atoms with Crippen LogP contribution in [0.2, 0.25) is 0 Å². The van der Waals surface area contributed by atoms with Crippen molar-refractivity contribution in [3.05, 3.63) is 48.3 Å². The minimum absolute atomic E-state index is 0.140. The van der Waals surface area contributed by atoms with Gasteiger partial charge in [0.05, 0.1) is 13.2 Å². The Morgan fingerprint density at radius 3 is 2.65 bits per heavy atom. The molecule has 0 unspecified atom stereocenters. The number of carbonyl (C=O) groups is 1. The van der Waals surface area contributed by atoms with Crippen molar-refractivity contribution >= 4 is 17.1 Å². The Morgan fingerprint density at radius 2 is 2.00 bits per heavy atom. The molecule has 0 aliphatic heterocycles. The lowest BCUT2D eigenvalue weighted by Crippen LogP contribution is -2.45. The summed E-state index contributed by atoms with van der Waals surface area (Å²) in [6, 6.07) is 8.45. The number of nitrogens with zero attached hydrogens (tertiary/aromatic N) is 2. The average molecular weight is 477 g/mol. The topological polar surface area (TPSA) is 70.2 Å². The summed E-state index contributed by atoms with van der Waals surface area (Å²) in [5.41, 5.74) is 3.39. The van der Waals surface area contributed by atoms with E-state index in [0.717, 1.165) is 27.7 Å². The van der Waals surface area contributed by atoms with Crippen molar-refractivity contribution in [1.82, 2.24) is 20.2 Å². The number of benzene rings is 1. The third kappa shape index (κ3) is 6.01. The van der Waals surface area contributed by atoms with Crippen LogP contribution in [-0.4, -0.2) is 46.8 Å². The van der Waals surface area contributed by atoms with Crippen molar-refractivity contribution < 1.29 is 22.7 Å². The second-order valence-corrected chi connectivity index (χ2v) is 8.27. The molecule has 0 radical (unpaired) electrons. The zero-order valence-electron chi connectivity index (χ0n) is 19.9. The molecule has 0 fully saturated rings. The predicted octanol–water partition coefficient (Wildman–Crippen LogP) is 6.45. The van der Waals surface area contributed by atoms with Crippen molar-refractivity contribution in [3.63, 3.8) is 0 Å². The van der Waals surface area contributed by atoms with Crippen LogP contribution in [-0.2, 0) is 0 Å². The van der Waals surface area contributed by atoms with E-state index in [1.807, 2.05) is 50.4 Å². The first-order chi connectivity index (χ1) is 16.2. The van der Waals surface area contributed by atoms with E-state index in [9.17, 15) is 18.0 Å². The van der Waals surface area contributed by atoms with Gasteiger partial charge >= 0.3 is 12.2 Å². The van der Waals surface area contributed by atoms with Gasteiger partial charge in [0.15, 0.2) is 0 Å². The summed E-state index contributed by atoms with van der Waals surface area (Å²) in [7, 11) is 1.60. The molecular weight excluding hydrogens is 445 g/mol. The molecule has 184 valence electrons. The number of rotatable bonds is 9. The van der Waals surface area contributed by atoms with Gasteiger partial charge in [-0.15, -0.1) is 0 Å². The number of ether oxygens (including phenoxy) is 1. The number of hydrogen-bond donors (Lipinski definition) is 2. The highest BCUT2D eigenvalue weighted by Crippen LogP contribution is 2.34. The first kappa shape index (κ1) is 25.4. The van der Waals surface area contributed by atoms with Crippen molar-refractivity contribution in [2.45, 2.75) is 58.3 Å². The largest absolute Gasteiger partial charge is 0.496 e. The van der Waals surface area contributed by atoms with Crippen molar-refractivity contribution in [2.75, 3.05) is 13.7 Å². The van der Waals surface area contributed by atoms with E-state index < -0.39 is 18.6 Å². The summed E-state index contributed by atoms with van der Waals surface area (Å²) in [5.74, 6) is 0.679. The predicted molar refractivity (Wildman–Crippen MR) is 127 cm³/mol. The quantitative estimate of drug-likeness (QED) is 0.373. The average Bonchev–Trinajstić information content (AvgIpc) is 3.29. The number of urea groups is 1. The number of aromatic nitrogens is 2. The van der Waals surface area contributed by atoms with Crippen LogP contribution in [0.15, 0.2) is 42.7 Å². The van der Waals surface area contributed by atoms with Gasteiger partial charge in [-0.3, -0.25) is 0 Å². The van der Waals surface area contributed by atoms with Gasteiger partial charge in [-0.1, -0.05) is 13.0 Å². The summed E-state index contributed by atoms with van der Waals surface area (Å²) in [5, 5.41) is 3.75. The minimum atomic E-state index is -4.24. The fraction of sp³-hybridized carbons (Fsp3) is 0.440. The Morgan fingerprint density at radius 1 is 1.24 bits per heavy atom. The van der Waals surface area contributed by atoms with Crippen LogP contribution in [0.25, 0.3) is 22.2 Å². The summed E-state index contributed by atoms with van der Waals surface area (Å²) >= 11 is 0. The Kier molecular flexibility index (Phi) is 8.06. The number of hydrogen-bond acceptors (Lipinski definition) is 3. The molecule has 2 amide bonds. The molecule has 2 atom stereocenters. The Labute approximate surface area is 197 Å². The zero-order valence-corrected chi connectivity index (χ0v) is 19.9. The third-order valence-corrected chi connectivity index (χ3v) is 6.08. The summed E-state index contributed by atoms with van der Waals surface area (Å²) < 4.78 is 43.5. The number of amides is 2. The maximum Gasteiger partial charge on any atom is 0.389 e. The lowest BCUT2D eigenvalue weighted by atomic mass is 9.98. The summed E-state index contributed by atoms with van der Waals surface area (Å²) in [4.78, 5) is 22.1. The van der Waals surface area contributed by atoms with Crippen LogP contribution in [0.5, 0.6) is 5.75 Å². The minimum Gasteiger partial charge on any atom is -0.496 e. The van der Waals surface area contributed by atoms with E-state index in [1.165, 1.54) is 0 Å². The number of fused-ring (bicyclic) bond motifs is 1. The lowest BCUT2D eigenvalue weighted by molar-refractivity contribution is -0.136. The SMILES string of the molecule is CC[C@H](CCC(F)(F)F)NC(=O)N(CC)[C@H](C)c1ccc(OC)c(-c2cnc3[nH]ccc3c2)c1. The lowest BCUT2D eigenvalue weighted by Gasteiger charge is -2.31. The van der Waals surface area contributed by atoms with Gasteiger partial charge in [0, 0.05) is 47.9 Å². The molecule has 2 aromatic heterocycles. The number of methoxy groups -OCH3 is 1. The number of H-pyrrole nitrogens is 1. The van der Waals surface area contributed by atoms with Crippen LogP contribution < -0.4 is 10.1 Å². The Bertz CT molecular complexity index is 1110. The standard InChI is InChI=1S/C25H31F3N4O2/c1-5-20(9-11-25(26,27)28)31-24(33)32(6-2)16(3)17-7-8-22(34-4)21(14-17)19-13-18-10-12-29-23(18)30-15-19/h7-8,10,12-16,20H,5-6,9,11H2,1-4H3,(H,29,30)(H,31,33)/t16-,20-/m1/s1. The number of carbonyl (C=O) groups excluding carboxylic acids is 1. The maximum absolute atomic E-state index is 13.0. The fourth-order valence-corrected chi connectivity index (χ4v) is 4.05. The molecule has 2 N–H and O–H groups in total. The highest BCUT2D eigenvalue weighted by molar-refractivity contribution is 5.83. The van der Waals surface area contributed by atoms with Crippen LogP contribution in [0.4, 0.5) is 18.0 Å². The molecule has 34 heavy (non-hydrogen) atoms. The molecule has 9 heteroatoms. The smallest absolute Gasteiger partial charge is 0.389 e. The van der Waals surface area contributed by atoms with E-state index in [4.69, 9.17) is 4.74 Å². The van der Waals surface area contributed by atoms with E-state index in [-0.39, 0.29) is 18.5 Å². The molecular formula is C25H31F3N4O2. The van der Waals surface area contributed by atoms with Crippen molar-refractivity contribution in [2.24, 2.45) is 0 Å². The fourth-order valence-electron chi connectivity index (χ4n) is 4.05. The van der Waals surface area contributed by atoms with Gasteiger partial charge in [-0.25, -0.2) is 9.78 Å². The zero-order chi connectivity index (χ0) is 24.9. The van der Waals surface area contributed by atoms with Gasteiger partial charge in [0.2, 0.25) is 0 Å². The highest BCUT2D eigenvalue weighted by Gasteiger charge is 2.29. The number of alkyl halides is 3. The van der Waals surface area contributed by atoms with Gasteiger partial charge in [-0.2, -0.15) is 13.2 Å².